The summed E-state index contributed by atoms with van der Waals surface area (Å²) in [5.41, 5.74) is 4.98. The van der Waals surface area contributed by atoms with Crippen molar-refractivity contribution < 1.29 is 14.7 Å². The second kappa shape index (κ2) is 6.18. The summed E-state index contributed by atoms with van der Waals surface area (Å²) in [6.45, 7) is 3.73. The number of nitrogens with two attached hydrogens (primary N) is 1. The van der Waals surface area contributed by atoms with Gasteiger partial charge in [0.05, 0.1) is 5.41 Å². The summed E-state index contributed by atoms with van der Waals surface area (Å²) in [4.78, 5) is 23.1. The first-order valence-electron chi connectivity index (χ1n) is 6.68. The molecule has 0 aromatic carbocycles. The normalized spacial score (nSPS) is 28.9. The third-order valence-corrected chi connectivity index (χ3v) is 3.89. The topological polar surface area (TPSA) is 92.4 Å². The van der Waals surface area contributed by atoms with E-state index in [-0.39, 0.29) is 24.4 Å². The van der Waals surface area contributed by atoms with Crippen LogP contribution in [0.25, 0.3) is 0 Å². The van der Waals surface area contributed by atoms with Crippen LogP contribution >= 0.6 is 0 Å². The number of carbonyl (C=O) groups is 2. The zero-order chi connectivity index (χ0) is 13.8. The Hall–Kier alpha value is -1.10. The van der Waals surface area contributed by atoms with Crippen molar-refractivity contribution >= 4 is 11.9 Å². The molecule has 5 heteroatoms. The van der Waals surface area contributed by atoms with Crippen LogP contribution in [-0.4, -0.2) is 29.1 Å². The van der Waals surface area contributed by atoms with Crippen LogP contribution in [0.1, 0.15) is 52.4 Å². The Kier molecular flexibility index (Phi) is 5.14. The third-order valence-electron chi connectivity index (χ3n) is 3.89. The van der Waals surface area contributed by atoms with Gasteiger partial charge in [-0.25, -0.2) is 0 Å². The van der Waals surface area contributed by atoms with E-state index in [1.54, 1.807) is 6.92 Å². The van der Waals surface area contributed by atoms with E-state index < -0.39 is 11.4 Å². The Bertz CT molecular complexity index is 319. The molecular formula is C13H24N2O3. The monoisotopic (exact) mass is 256 g/mol. The third kappa shape index (κ3) is 3.45. The number of rotatable bonds is 6. The van der Waals surface area contributed by atoms with Crippen LogP contribution in [0.4, 0.5) is 0 Å². The van der Waals surface area contributed by atoms with Crippen LogP contribution in [-0.2, 0) is 9.59 Å². The minimum atomic E-state index is -0.830. The molecule has 0 aromatic rings. The van der Waals surface area contributed by atoms with Crippen molar-refractivity contribution in [3.05, 3.63) is 0 Å². The molecule has 1 aliphatic carbocycles. The first-order valence-corrected chi connectivity index (χ1v) is 6.68. The van der Waals surface area contributed by atoms with Crippen LogP contribution in [0.2, 0.25) is 0 Å². The summed E-state index contributed by atoms with van der Waals surface area (Å²) in [6, 6.07) is -0.399. The number of carboxylic acid groups (broad SMARTS) is 1. The van der Waals surface area contributed by atoms with Crippen molar-refractivity contribution in [2.45, 2.75) is 64.5 Å². The Morgan fingerprint density at radius 1 is 1.56 bits per heavy atom. The van der Waals surface area contributed by atoms with Crippen molar-refractivity contribution in [2.75, 3.05) is 0 Å². The molecule has 18 heavy (non-hydrogen) atoms. The Labute approximate surface area is 108 Å². The van der Waals surface area contributed by atoms with E-state index in [2.05, 4.69) is 5.32 Å². The van der Waals surface area contributed by atoms with E-state index in [0.717, 1.165) is 25.7 Å². The molecule has 3 atom stereocenters. The molecule has 1 amide bonds. The Morgan fingerprint density at radius 2 is 2.22 bits per heavy atom. The van der Waals surface area contributed by atoms with Crippen LogP contribution in [0.15, 0.2) is 0 Å². The maximum absolute atomic E-state index is 11.8. The molecular weight excluding hydrogens is 232 g/mol. The molecule has 104 valence electrons. The van der Waals surface area contributed by atoms with Gasteiger partial charge in [-0.1, -0.05) is 19.8 Å². The van der Waals surface area contributed by atoms with E-state index >= 15 is 0 Å². The minimum absolute atomic E-state index is 0.129. The summed E-state index contributed by atoms with van der Waals surface area (Å²) in [5.74, 6) is -0.960. The highest BCUT2D eigenvalue weighted by Crippen LogP contribution is 2.38. The molecule has 0 aliphatic heterocycles. The lowest BCUT2D eigenvalue weighted by Crippen LogP contribution is -2.48. The molecule has 4 N–H and O–H groups in total. The van der Waals surface area contributed by atoms with Gasteiger partial charge < -0.3 is 16.2 Å². The fourth-order valence-corrected chi connectivity index (χ4v) is 2.62. The predicted molar refractivity (Wildman–Crippen MR) is 69.0 cm³/mol. The van der Waals surface area contributed by atoms with Crippen molar-refractivity contribution in [3.63, 3.8) is 0 Å². The number of amides is 1. The summed E-state index contributed by atoms with van der Waals surface area (Å²) in [5, 5.41) is 12.1. The van der Waals surface area contributed by atoms with Gasteiger partial charge in [-0.15, -0.1) is 0 Å². The summed E-state index contributed by atoms with van der Waals surface area (Å²) < 4.78 is 0. The second-order valence-corrected chi connectivity index (χ2v) is 5.49. The molecule has 0 aromatic heterocycles. The van der Waals surface area contributed by atoms with Gasteiger partial charge in [0.25, 0.3) is 0 Å². The van der Waals surface area contributed by atoms with E-state index in [1.165, 1.54) is 0 Å². The largest absolute Gasteiger partial charge is 0.481 e. The van der Waals surface area contributed by atoms with Gasteiger partial charge in [-0.05, 0) is 26.2 Å². The van der Waals surface area contributed by atoms with E-state index in [4.69, 9.17) is 5.73 Å². The Morgan fingerprint density at radius 3 is 2.78 bits per heavy atom. The van der Waals surface area contributed by atoms with E-state index in [0.29, 0.717) is 6.42 Å². The van der Waals surface area contributed by atoms with Crippen molar-refractivity contribution in [3.8, 4) is 0 Å². The molecule has 1 fully saturated rings. The molecule has 0 heterocycles. The number of aliphatic carboxylic acids is 1. The Balaban J connectivity index is 2.51. The van der Waals surface area contributed by atoms with Gasteiger partial charge in [0, 0.05) is 18.5 Å². The molecule has 1 saturated carbocycles. The summed E-state index contributed by atoms with van der Waals surface area (Å²) in [6.07, 6.45) is 4.24. The molecule has 0 saturated heterocycles. The van der Waals surface area contributed by atoms with E-state index in [1.807, 2.05) is 6.92 Å². The van der Waals surface area contributed by atoms with Gasteiger partial charge in [0.15, 0.2) is 0 Å². The molecule has 1 aliphatic rings. The summed E-state index contributed by atoms with van der Waals surface area (Å²) >= 11 is 0. The summed E-state index contributed by atoms with van der Waals surface area (Å²) in [7, 11) is 0. The van der Waals surface area contributed by atoms with Crippen LogP contribution in [0, 0.1) is 5.41 Å². The SMILES string of the molecule is CCCC(N)CC(=O)NC1CCCC1(C)C(=O)O. The van der Waals surface area contributed by atoms with Gasteiger partial charge in [0.2, 0.25) is 5.91 Å². The van der Waals surface area contributed by atoms with Gasteiger partial charge in [0.1, 0.15) is 0 Å². The highest BCUT2D eigenvalue weighted by Gasteiger charge is 2.45. The number of hydrogen-bond acceptors (Lipinski definition) is 3. The fourth-order valence-electron chi connectivity index (χ4n) is 2.62. The van der Waals surface area contributed by atoms with Crippen LogP contribution < -0.4 is 11.1 Å². The van der Waals surface area contributed by atoms with E-state index in [9.17, 15) is 14.7 Å². The lowest BCUT2D eigenvalue weighted by Gasteiger charge is -2.28. The van der Waals surface area contributed by atoms with Crippen LogP contribution in [0.3, 0.4) is 0 Å². The highest BCUT2D eigenvalue weighted by molar-refractivity contribution is 5.80. The van der Waals surface area contributed by atoms with Gasteiger partial charge in [-0.3, -0.25) is 9.59 Å². The maximum Gasteiger partial charge on any atom is 0.311 e. The molecule has 0 spiro atoms. The highest BCUT2D eigenvalue weighted by atomic mass is 16.4. The standard InChI is InChI=1S/C13H24N2O3/c1-3-5-9(14)8-11(16)15-10-6-4-7-13(10,2)12(17)18/h9-10H,3-8,14H2,1-2H3,(H,15,16)(H,17,18). The molecule has 5 nitrogen and oxygen atoms in total. The number of carbonyl (C=O) groups excluding carboxylic acids is 1. The molecule has 0 bridgehead atoms. The molecule has 0 radical (unpaired) electrons. The van der Waals surface area contributed by atoms with Gasteiger partial charge in [-0.2, -0.15) is 0 Å². The zero-order valence-corrected chi connectivity index (χ0v) is 11.2. The maximum atomic E-state index is 11.8. The van der Waals surface area contributed by atoms with Crippen molar-refractivity contribution in [1.82, 2.24) is 5.32 Å². The minimum Gasteiger partial charge on any atom is -0.481 e. The molecule has 3 unspecified atom stereocenters. The zero-order valence-electron chi connectivity index (χ0n) is 11.2. The number of hydrogen-bond donors (Lipinski definition) is 3. The lowest BCUT2D eigenvalue weighted by atomic mass is 9.85. The smallest absolute Gasteiger partial charge is 0.311 e. The molecule has 1 rings (SSSR count). The van der Waals surface area contributed by atoms with Crippen LogP contribution in [0.5, 0.6) is 0 Å². The fraction of sp³-hybridized carbons (Fsp3) is 0.846. The quantitative estimate of drug-likeness (QED) is 0.667. The van der Waals surface area contributed by atoms with Gasteiger partial charge >= 0.3 is 5.97 Å². The predicted octanol–water partition coefficient (Wildman–Crippen LogP) is 1.26. The van der Waals surface area contributed by atoms with Crippen molar-refractivity contribution in [2.24, 2.45) is 11.1 Å². The van der Waals surface area contributed by atoms with Crippen molar-refractivity contribution in [1.29, 1.82) is 0 Å². The first-order chi connectivity index (χ1) is 8.40. The average Bonchev–Trinajstić information content (AvgIpc) is 2.61. The lowest BCUT2D eigenvalue weighted by molar-refractivity contribution is -0.149. The average molecular weight is 256 g/mol. The number of nitrogens with one attached hydrogen (secondary N) is 1. The first kappa shape index (κ1) is 15.0. The second-order valence-electron chi connectivity index (χ2n) is 5.49. The number of carboxylic acids is 1.